The number of aromatic nitrogens is 2. The molecule has 18 heavy (non-hydrogen) atoms. The van der Waals surface area contributed by atoms with Crippen LogP contribution < -0.4 is 0 Å². The number of hydrogen-bond acceptors (Lipinski definition) is 3. The Morgan fingerprint density at radius 3 is 2.78 bits per heavy atom. The maximum Gasteiger partial charge on any atom is 0.153 e. The molecule has 0 radical (unpaired) electrons. The minimum atomic E-state index is -0.283. The zero-order chi connectivity index (χ0) is 12.7. The molecule has 2 heterocycles. The highest BCUT2D eigenvalue weighted by Gasteiger charge is 2.09. The molecular weight excluding hydrogens is 299 g/mol. The summed E-state index contributed by atoms with van der Waals surface area (Å²) in [5.41, 5.74) is 1.31. The summed E-state index contributed by atoms with van der Waals surface area (Å²) in [5, 5.41) is 0.720. The van der Waals surface area contributed by atoms with Gasteiger partial charge in [0.25, 0.3) is 0 Å². The van der Waals surface area contributed by atoms with Gasteiger partial charge in [0.2, 0.25) is 0 Å². The van der Waals surface area contributed by atoms with E-state index in [1.807, 2.05) is 0 Å². The number of fused-ring (bicyclic) bond motifs is 1. The molecule has 90 valence electrons. The molecule has 2 aromatic heterocycles. The molecule has 0 atom stereocenters. The van der Waals surface area contributed by atoms with Crippen molar-refractivity contribution in [3.8, 4) is 11.5 Å². The smallest absolute Gasteiger partial charge is 0.153 e. The average molecular weight is 307 g/mol. The van der Waals surface area contributed by atoms with Gasteiger partial charge in [0, 0.05) is 11.5 Å². The van der Waals surface area contributed by atoms with Gasteiger partial charge in [0.1, 0.15) is 27.5 Å². The molecular formula is C13H8BrFN2O. The van der Waals surface area contributed by atoms with Gasteiger partial charge in [-0.05, 0) is 47.1 Å². The van der Waals surface area contributed by atoms with E-state index in [0.717, 1.165) is 5.39 Å². The van der Waals surface area contributed by atoms with Crippen molar-refractivity contribution in [2.45, 2.75) is 6.92 Å². The third-order valence-corrected chi connectivity index (χ3v) is 2.94. The van der Waals surface area contributed by atoms with E-state index in [1.54, 1.807) is 25.1 Å². The summed E-state index contributed by atoms with van der Waals surface area (Å²) in [6.07, 6.45) is 0. The van der Waals surface area contributed by atoms with Crippen molar-refractivity contribution >= 4 is 26.9 Å². The van der Waals surface area contributed by atoms with E-state index in [1.165, 1.54) is 12.1 Å². The Bertz CT molecular complexity index is 719. The molecule has 3 aromatic rings. The van der Waals surface area contributed by atoms with Crippen LogP contribution in [0.3, 0.4) is 0 Å². The largest absolute Gasteiger partial charge is 0.454 e. The van der Waals surface area contributed by atoms with Crippen molar-refractivity contribution in [2.75, 3.05) is 0 Å². The second-order valence-corrected chi connectivity index (χ2v) is 4.73. The van der Waals surface area contributed by atoms with Gasteiger partial charge in [-0.1, -0.05) is 0 Å². The third-order valence-electron chi connectivity index (χ3n) is 2.54. The first kappa shape index (κ1) is 11.3. The van der Waals surface area contributed by atoms with E-state index in [9.17, 15) is 4.39 Å². The van der Waals surface area contributed by atoms with Crippen molar-refractivity contribution in [3.05, 3.63) is 46.6 Å². The summed E-state index contributed by atoms with van der Waals surface area (Å²) >= 11 is 3.31. The van der Waals surface area contributed by atoms with Crippen LogP contribution in [0.15, 0.2) is 39.4 Å². The third kappa shape index (κ3) is 2.01. The molecule has 3 rings (SSSR count). The van der Waals surface area contributed by atoms with Gasteiger partial charge in [-0.15, -0.1) is 0 Å². The molecule has 0 N–H and O–H groups in total. The van der Waals surface area contributed by atoms with Crippen LogP contribution >= 0.6 is 15.9 Å². The molecule has 0 fully saturated rings. The Balaban J connectivity index is 2.19. The van der Waals surface area contributed by atoms with Crippen molar-refractivity contribution < 1.29 is 8.81 Å². The first-order chi connectivity index (χ1) is 8.61. The second-order valence-electron chi connectivity index (χ2n) is 3.92. The van der Waals surface area contributed by atoms with Gasteiger partial charge in [-0.3, -0.25) is 0 Å². The summed E-state index contributed by atoms with van der Waals surface area (Å²) in [6.45, 7) is 1.80. The van der Waals surface area contributed by atoms with E-state index in [2.05, 4.69) is 25.9 Å². The van der Waals surface area contributed by atoms with Gasteiger partial charge in [-0.25, -0.2) is 14.4 Å². The van der Waals surface area contributed by atoms with Crippen molar-refractivity contribution in [3.63, 3.8) is 0 Å². The predicted octanol–water partition coefficient (Wildman–Crippen LogP) is 4.10. The van der Waals surface area contributed by atoms with Crippen molar-refractivity contribution in [2.24, 2.45) is 0 Å². The molecule has 0 unspecified atom stereocenters. The number of halogens is 2. The lowest BCUT2D eigenvalue weighted by molar-refractivity contribution is 0.617. The molecule has 0 aliphatic heterocycles. The van der Waals surface area contributed by atoms with Gasteiger partial charge in [0.05, 0.1) is 0 Å². The van der Waals surface area contributed by atoms with Crippen LogP contribution in [0, 0.1) is 12.7 Å². The zero-order valence-electron chi connectivity index (χ0n) is 9.45. The molecule has 0 aliphatic carbocycles. The van der Waals surface area contributed by atoms with Crippen LogP contribution in [0.25, 0.3) is 22.4 Å². The maximum atomic E-state index is 13.1. The normalized spacial score (nSPS) is 11.1. The zero-order valence-corrected chi connectivity index (χ0v) is 11.0. The van der Waals surface area contributed by atoms with Crippen LogP contribution in [0.2, 0.25) is 0 Å². The molecule has 5 heteroatoms. The first-order valence-corrected chi connectivity index (χ1v) is 6.12. The lowest BCUT2D eigenvalue weighted by Gasteiger charge is -1.98. The highest BCUT2D eigenvalue weighted by Crippen LogP contribution is 2.28. The first-order valence-electron chi connectivity index (χ1n) is 5.32. The number of furan rings is 1. The van der Waals surface area contributed by atoms with Crippen LogP contribution in [0.4, 0.5) is 4.39 Å². The topological polar surface area (TPSA) is 38.9 Å². The molecule has 0 spiro atoms. The number of rotatable bonds is 1. The Morgan fingerprint density at radius 2 is 2.00 bits per heavy atom. The summed E-state index contributed by atoms with van der Waals surface area (Å²) < 4.78 is 19.4. The number of nitrogens with zero attached hydrogens (tertiary/aromatic N) is 2. The lowest BCUT2D eigenvalue weighted by atomic mass is 10.2. The fourth-order valence-corrected chi connectivity index (χ4v) is 2.27. The van der Waals surface area contributed by atoms with E-state index in [4.69, 9.17) is 4.42 Å². The van der Waals surface area contributed by atoms with Crippen LogP contribution in [0.1, 0.15) is 5.82 Å². The summed E-state index contributed by atoms with van der Waals surface area (Å²) in [4.78, 5) is 8.43. The van der Waals surface area contributed by atoms with Gasteiger partial charge in [-0.2, -0.15) is 0 Å². The Morgan fingerprint density at radius 1 is 1.17 bits per heavy atom. The Hall–Kier alpha value is -1.75. The Labute approximate surface area is 111 Å². The van der Waals surface area contributed by atoms with E-state index < -0.39 is 0 Å². The van der Waals surface area contributed by atoms with Crippen LogP contribution in [0.5, 0.6) is 0 Å². The summed E-state index contributed by atoms with van der Waals surface area (Å²) in [7, 11) is 0. The van der Waals surface area contributed by atoms with Gasteiger partial charge < -0.3 is 4.42 Å². The fraction of sp³-hybridized carbons (Fsp3) is 0.0769. The number of hydrogen-bond donors (Lipinski definition) is 0. The molecule has 0 saturated carbocycles. The highest BCUT2D eigenvalue weighted by atomic mass is 79.9. The van der Waals surface area contributed by atoms with Crippen molar-refractivity contribution in [1.82, 2.24) is 9.97 Å². The molecule has 0 saturated heterocycles. The Kier molecular flexibility index (Phi) is 2.63. The van der Waals surface area contributed by atoms with Crippen LogP contribution in [-0.2, 0) is 0 Å². The molecule has 0 amide bonds. The standard InChI is InChI=1S/C13H8BrFN2O/c1-7-16-10(6-13(14)17-7)12-5-8-4-9(15)2-3-11(8)18-12/h2-6H,1H3. The molecule has 1 aromatic carbocycles. The molecule has 3 nitrogen and oxygen atoms in total. The van der Waals surface area contributed by atoms with Gasteiger partial charge >= 0.3 is 0 Å². The summed E-state index contributed by atoms with van der Waals surface area (Å²) in [5.74, 6) is 0.961. The van der Waals surface area contributed by atoms with E-state index >= 15 is 0 Å². The lowest BCUT2D eigenvalue weighted by Crippen LogP contribution is -1.90. The average Bonchev–Trinajstić information content (AvgIpc) is 2.70. The van der Waals surface area contributed by atoms with Gasteiger partial charge in [0.15, 0.2) is 5.76 Å². The van der Waals surface area contributed by atoms with E-state index in [-0.39, 0.29) is 5.82 Å². The minimum absolute atomic E-state index is 0.283. The van der Waals surface area contributed by atoms with E-state index in [0.29, 0.717) is 27.5 Å². The fourth-order valence-electron chi connectivity index (χ4n) is 1.80. The quantitative estimate of drug-likeness (QED) is 0.635. The summed E-state index contributed by atoms with van der Waals surface area (Å²) in [6, 6.07) is 7.95. The molecule has 0 aliphatic rings. The second kappa shape index (κ2) is 4.17. The highest BCUT2D eigenvalue weighted by molar-refractivity contribution is 9.10. The monoisotopic (exact) mass is 306 g/mol. The van der Waals surface area contributed by atoms with Crippen LogP contribution in [-0.4, -0.2) is 9.97 Å². The SMILES string of the molecule is Cc1nc(Br)cc(-c2cc3cc(F)ccc3o2)n1. The van der Waals surface area contributed by atoms with Crippen molar-refractivity contribution in [1.29, 1.82) is 0 Å². The number of aryl methyl sites for hydroxylation is 1. The maximum absolute atomic E-state index is 13.1. The predicted molar refractivity (Wildman–Crippen MR) is 69.6 cm³/mol. The number of benzene rings is 1. The minimum Gasteiger partial charge on any atom is -0.454 e. The molecule has 0 bridgehead atoms.